The molecule has 188 valence electrons. The number of likely N-dealkylation sites (tertiary alicyclic amines) is 1. The number of piperidine rings is 1. The van der Waals surface area contributed by atoms with Crippen LogP contribution in [0.4, 0.5) is 0 Å². The predicted octanol–water partition coefficient (Wildman–Crippen LogP) is 5.30. The fourth-order valence-electron chi connectivity index (χ4n) is 5.72. The van der Waals surface area contributed by atoms with Crippen molar-refractivity contribution >= 4 is 35.1 Å². The van der Waals surface area contributed by atoms with Crippen LogP contribution in [0.1, 0.15) is 56.2 Å². The van der Waals surface area contributed by atoms with E-state index in [1.807, 2.05) is 60.4 Å². The number of halogens is 2. The second-order valence-electron chi connectivity index (χ2n) is 9.79. The quantitative estimate of drug-likeness (QED) is 0.519. The summed E-state index contributed by atoms with van der Waals surface area (Å²) in [5.74, 6) is -1.30. The highest BCUT2D eigenvalue weighted by Gasteiger charge is 2.53. The molecule has 0 radical (unpaired) electrons. The van der Waals surface area contributed by atoms with Crippen LogP contribution in [0.15, 0.2) is 48.5 Å². The second-order valence-corrected chi connectivity index (χ2v) is 10.7. The highest BCUT2D eigenvalue weighted by atomic mass is 35.5. The van der Waals surface area contributed by atoms with Gasteiger partial charge in [-0.05, 0) is 48.2 Å². The molecule has 8 heteroatoms. The van der Waals surface area contributed by atoms with Gasteiger partial charge in [0.1, 0.15) is 0 Å². The molecule has 6 nitrogen and oxygen atoms in total. The van der Waals surface area contributed by atoms with E-state index < -0.39 is 11.4 Å². The van der Waals surface area contributed by atoms with Crippen molar-refractivity contribution in [3.8, 4) is 0 Å². The van der Waals surface area contributed by atoms with Crippen LogP contribution in [0.2, 0.25) is 10.0 Å². The molecule has 2 aliphatic rings. The van der Waals surface area contributed by atoms with E-state index in [1.165, 1.54) is 0 Å². The number of nitrogens with one attached hydrogen (secondary N) is 1. The van der Waals surface area contributed by atoms with E-state index in [0.29, 0.717) is 36.0 Å². The Morgan fingerprint density at radius 2 is 1.94 bits per heavy atom. The van der Waals surface area contributed by atoms with Crippen molar-refractivity contribution in [3.05, 3.63) is 69.7 Å². The number of morpholine rings is 1. The molecule has 0 aromatic heterocycles. The Kier molecular flexibility index (Phi) is 8.06. The Bertz CT molecular complexity index is 1060. The molecule has 1 amide bonds. The van der Waals surface area contributed by atoms with Crippen LogP contribution in [0, 0.1) is 5.41 Å². The van der Waals surface area contributed by atoms with E-state index in [1.54, 1.807) is 6.92 Å². The zero-order valence-electron chi connectivity index (χ0n) is 20.0. The fraction of sp³-hybridized carbons (Fsp3) is 0.481. The highest BCUT2D eigenvalue weighted by Crippen LogP contribution is 2.52. The molecule has 2 saturated heterocycles. The van der Waals surface area contributed by atoms with Crippen molar-refractivity contribution in [2.45, 2.75) is 57.2 Å². The highest BCUT2D eigenvalue weighted by molar-refractivity contribution is 6.30. The normalized spacial score (nSPS) is 28.1. The number of nitrogens with zero attached hydrogens (tertiary/aromatic N) is 1. The first kappa shape index (κ1) is 26.0. The van der Waals surface area contributed by atoms with Crippen LogP contribution in [-0.4, -0.2) is 53.7 Å². The van der Waals surface area contributed by atoms with Crippen LogP contribution < -0.4 is 5.32 Å². The predicted molar refractivity (Wildman–Crippen MR) is 137 cm³/mol. The van der Waals surface area contributed by atoms with Gasteiger partial charge in [-0.25, -0.2) is 0 Å². The number of carbonyl (C=O) groups is 2. The van der Waals surface area contributed by atoms with Gasteiger partial charge in [-0.2, -0.15) is 0 Å². The molecule has 1 unspecified atom stereocenters. The number of benzene rings is 2. The van der Waals surface area contributed by atoms with Crippen LogP contribution in [-0.2, 0) is 14.3 Å². The summed E-state index contributed by atoms with van der Waals surface area (Å²) >= 11 is 12.6. The standard InChI is InChI=1S/C27H32Cl2N2O4/c1-3-22(23-16-30-11-12-35-23)31-25(17-7-9-19(28)10-8-17)21(18-5-4-6-20(29)13-18)14-27(2,26(31)34)15-24(32)33/h4-10,13,21-23,25,30H,3,11-12,14-16H2,1-2H3,(H,32,33)/t21?,22-,23+,25+,27+/m0/s1. The number of amides is 1. The maximum atomic E-state index is 14.3. The van der Waals surface area contributed by atoms with Gasteiger partial charge in [0.2, 0.25) is 5.91 Å². The Hall–Kier alpha value is -2.12. The van der Waals surface area contributed by atoms with Gasteiger partial charge in [0.25, 0.3) is 0 Å². The summed E-state index contributed by atoms with van der Waals surface area (Å²) in [5.41, 5.74) is 0.855. The van der Waals surface area contributed by atoms with Crippen LogP contribution in [0.5, 0.6) is 0 Å². The first-order valence-corrected chi connectivity index (χ1v) is 12.9. The van der Waals surface area contributed by atoms with Gasteiger partial charge < -0.3 is 20.1 Å². The summed E-state index contributed by atoms with van der Waals surface area (Å²) < 4.78 is 6.13. The monoisotopic (exact) mass is 518 g/mol. The van der Waals surface area contributed by atoms with Crippen molar-refractivity contribution < 1.29 is 19.4 Å². The molecule has 0 saturated carbocycles. The molecule has 0 bridgehead atoms. The summed E-state index contributed by atoms with van der Waals surface area (Å²) in [7, 11) is 0. The lowest BCUT2D eigenvalue weighted by Gasteiger charge is -2.53. The third-order valence-electron chi connectivity index (χ3n) is 7.29. The van der Waals surface area contributed by atoms with Gasteiger partial charge in [-0.3, -0.25) is 9.59 Å². The van der Waals surface area contributed by atoms with Gasteiger partial charge in [0.05, 0.1) is 36.6 Å². The van der Waals surface area contributed by atoms with Gasteiger partial charge in [-0.15, -0.1) is 0 Å². The van der Waals surface area contributed by atoms with Crippen molar-refractivity contribution in [1.29, 1.82) is 0 Å². The molecule has 4 rings (SSSR count). The van der Waals surface area contributed by atoms with Crippen molar-refractivity contribution in [3.63, 3.8) is 0 Å². The molecule has 5 atom stereocenters. The van der Waals surface area contributed by atoms with E-state index in [9.17, 15) is 14.7 Å². The van der Waals surface area contributed by atoms with Crippen molar-refractivity contribution in [2.75, 3.05) is 19.7 Å². The van der Waals surface area contributed by atoms with Crippen LogP contribution in [0.3, 0.4) is 0 Å². The molecule has 0 spiro atoms. The molecular formula is C27H32Cl2N2O4. The van der Waals surface area contributed by atoms with E-state index in [0.717, 1.165) is 17.7 Å². The minimum Gasteiger partial charge on any atom is -0.481 e. The molecule has 2 N–H and O–H groups in total. The van der Waals surface area contributed by atoms with Gasteiger partial charge in [-0.1, -0.05) is 61.3 Å². The average molecular weight is 519 g/mol. The van der Waals surface area contributed by atoms with Gasteiger partial charge in [0, 0.05) is 29.1 Å². The third-order valence-corrected chi connectivity index (χ3v) is 7.78. The summed E-state index contributed by atoms with van der Waals surface area (Å²) in [6, 6.07) is 14.7. The first-order valence-electron chi connectivity index (χ1n) is 12.1. The summed E-state index contributed by atoms with van der Waals surface area (Å²) in [5, 5.41) is 14.3. The van der Waals surface area contributed by atoms with Crippen LogP contribution in [0.25, 0.3) is 0 Å². The van der Waals surface area contributed by atoms with Gasteiger partial charge >= 0.3 is 5.97 Å². The topological polar surface area (TPSA) is 78.9 Å². The number of hydrogen-bond donors (Lipinski definition) is 2. The van der Waals surface area contributed by atoms with E-state index >= 15 is 0 Å². The number of ether oxygens (including phenoxy) is 1. The molecule has 2 fully saturated rings. The van der Waals surface area contributed by atoms with E-state index in [2.05, 4.69) is 5.32 Å². The second kappa shape index (κ2) is 10.9. The molecule has 35 heavy (non-hydrogen) atoms. The first-order chi connectivity index (χ1) is 16.7. The Balaban J connectivity index is 1.89. The lowest BCUT2D eigenvalue weighted by molar-refractivity contribution is -0.165. The minimum absolute atomic E-state index is 0.154. The molecule has 2 aromatic carbocycles. The number of rotatable bonds is 7. The minimum atomic E-state index is -1.07. The number of carboxylic acid groups (broad SMARTS) is 1. The zero-order chi connectivity index (χ0) is 25.2. The number of carboxylic acids is 1. The maximum absolute atomic E-state index is 14.3. The smallest absolute Gasteiger partial charge is 0.304 e. The Morgan fingerprint density at radius 1 is 1.20 bits per heavy atom. The van der Waals surface area contributed by atoms with Crippen molar-refractivity contribution in [1.82, 2.24) is 10.2 Å². The van der Waals surface area contributed by atoms with Crippen molar-refractivity contribution in [2.24, 2.45) is 5.41 Å². The average Bonchev–Trinajstić information content (AvgIpc) is 2.83. The lowest BCUT2D eigenvalue weighted by Crippen LogP contribution is -2.61. The Labute approximate surface area is 216 Å². The van der Waals surface area contributed by atoms with Gasteiger partial charge in [0.15, 0.2) is 0 Å². The molecular weight excluding hydrogens is 487 g/mol. The largest absolute Gasteiger partial charge is 0.481 e. The lowest BCUT2D eigenvalue weighted by atomic mass is 9.66. The number of carbonyl (C=O) groups excluding carboxylic acids is 1. The molecule has 2 heterocycles. The fourth-order valence-corrected chi connectivity index (χ4v) is 6.04. The summed E-state index contributed by atoms with van der Waals surface area (Å²) in [4.78, 5) is 28.1. The number of aliphatic carboxylic acids is 1. The summed E-state index contributed by atoms with van der Waals surface area (Å²) in [6.45, 7) is 5.79. The SMILES string of the molecule is CC[C@@H]([C@H]1CNCCO1)N1C(=O)[C@@](C)(CC(=O)O)CC(c2cccc(Cl)c2)[C@H]1c1ccc(Cl)cc1. The number of hydrogen-bond acceptors (Lipinski definition) is 4. The molecule has 2 aliphatic heterocycles. The van der Waals surface area contributed by atoms with E-state index in [4.69, 9.17) is 27.9 Å². The molecule has 0 aliphatic carbocycles. The summed E-state index contributed by atoms with van der Waals surface area (Å²) in [6.07, 6.45) is 0.628. The van der Waals surface area contributed by atoms with E-state index in [-0.39, 0.29) is 36.4 Å². The Morgan fingerprint density at radius 3 is 2.54 bits per heavy atom. The molecule has 2 aromatic rings. The third kappa shape index (κ3) is 5.51. The maximum Gasteiger partial charge on any atom is 0.304 e. The van der Waals surface area contributed by atoms with Crippen LogP contribution >= 0.6 is 23.2 Å². The zero-order valence-corrected chi connectivity index (χ0v) is 21.6.